The Balaban J connectivity index is 1.91. The van der Waals surface area contributed by atoms with Crippen LogP contribution in [-0.2, 0) is 9.47 Å². The molecule has 0 aromatic heterocycles. The van der Waals surface area contributed by atoms with Gasteiger partial charge in [-0.25, -0.2) is 4.99 Å². The summed E-state index contributed by atoms with van der Waals surface area (Å²) < 4.78 is 10.5. The molecule has 2 aliphatic heterocycles. The summed E-state index contributed by atoms with van der Waals surface area (Å²) in [6.45, 7) is 2.34. The van der Waals surface area contributed by atoms with Crippen molar-refractivity contribution in [1.29, 1.82) is 0 Å². The first-order valence-corrected chi connectivity index (χ1v) is 4.40. The van der Waals surface area contributed by atoms with Crippen LogP contribution in [0.4, 0.5) is 0 Å². The molecular weight excluding hydrogens is 156 g/mol. The minimum atomic E-state index is 0.241. The van der Waals surface area contributed by atoms with Gasteiger partial charge in [0, 0.05) is 12.5 Å². The van der Waals surface area contributed by atoms with Crippen LogP contribution in [0.1, 0.15) is 12.8 Å². The zero-order chi connectivity index (χ0) is 8.39. The minimum absolute atomic E-state index is 0.241. The third kappa shape index (κ3) is 1.53. The van der Waals surface area contributed by atoms with Crippen molar-refractivity contribution in [2.75, 3.05) is 19.8 Å². The predicted molar refractivity (Wildman–Crippen MR) is 44.9 cm³/mol. The summed E-state index contributed by atoms with van der Waals surface area (Å²) in [6, 6.07) is 0.580. The van der Waals surface area contributed by atoms with E-state index in [0.717, 1.165) is 19.6 Å². The fraction of sp³-hybridized carbons (Fsp3) is 0.875. The molecule has 1 saturated heterocycles. The van der Waals surface area contributed by atoms with E-state index < -0.39 is 0 Å². The van der Waals surface area contributed by atoms with E-state index in [4.69, 9.17) is 15.2 Å². The molecule has 0 spiro atoms. The molecule has 0 amide bonds. The molecule has 0 aliphatic carbocycles. The van der Waals surface area contributed by atoms with Gasteiger partial charge in [0.15, 0.2) is 0 Å². The Morgan fingerprint density at radius 2 is 2.33 bits per heavy atom. The summed E-state index contributed by atoms with van der Waals surface area (Å²) in [6.07, 6.45) is 2.32. The first-order valence-electron chi connectivity index (χ1n) is 4.40. The first kappa shape index (κ1) is 7.86. The summed E-state index contributed by atoms with van der Waals surface area (Å²) in [4.78, 5) is 4.20. The highest BCUT2D eigenvalue weighted by Gasteiger charge is 2.28. The molecule has 2 unspecified atom stereocenters. The van der Waals surface area contributed by atoms with Crippen molar-refractivity contribution in [3.8, 4) is 0 Å². The van der Waals surface area contributed by atoms with Crippen LogP contribution in [0.25, 0.3) is 0 Å². The van der Waals surface area contributed by atoms with Crippen molar-refractivity contribution >= 4 is 6.02 Å². The molecule has 68 valence electrons. The van der Waals surface area contributed by atoms with Gasteiger partial charge in [0.1, 0.15) is 6.61 Å². The molecule has 4 heteroatoms. The van der Waals surface area contributed by atoms with E-state index in [1.807, 2.05) is 0 Å². The van der Waals surface area contributed by atoms with Crippen molar-refractivity contribution < 1.29 is 9.47 Å². The molecular formula is C8H14N2O2. The quantitative estimate of drug-likeness (QED) is 0.608. The molecule has 2 rings (SSSR count). The zero-order valence-electron chi connectivity index (χ0n) is 7.03. The normalized spacial score (nSPS) is 35.8. The number of aliphatic imine (C=N–C) groups is 1. The fourth-order valence-electron chi connectivity index (χ4n) is 1.72. The Morgan fingerprint density at radius 3 is 2.92 bits per heavy atom. The number of nitrogens with two attached hydrogens (primary N) is 1. The van der Waals surface area contributed by atoms with Crippen LogP contribution in [0.15, 0.2) is 4.99 Å². The maximum atomic E-state index is 5.42. The molecule has 2 N–H and O–H groups in total. The summed E-state index contributed by atoms with van der Waals surface area (Å²) >= 11 is 0. The second-order valence-corrected chi connectivity index (χ2v) is 3.32. The average Bonchev–Trinajstić information content (AvgIpc) is 2.54. The highest BCUT2D eigenvalue weighted by atomic mass is 16.5. The Labute approximate surface area is 71.7 Å². The lowest BCUT2D eigenvalue weighted by Gasteiger charge is -2.24. The molecule has 2 atom stereocenters. The fourth-order valence-corrected chi connectivity index (χ4v) is 1.72. The van der Waals surface area contributed by atoms with Crippen molar-refractivity contribution in [2.24, 2.45) is 16.6 Å². The highest BCUT2D eigenvalue weighted by Crippen LogP contribution is 2.22. The summed E-state index contributed by atoms with van der Waals surface area (Å²) in [5, 5.41) is 0. The maximum Gasteiger partial charge on any atom is 0.282 e. The summed E-state index contributed by atoms with van der Waals surface area (Å²) in [5.41, 5.74) is 5.42. The highest BCUT2D eigenvalue weighted by molar-refractivity contribution is 5.73. The largest absolute Gasteiger partial charge is 0.463 e. The van der Waals surface area contributed by atoms with Gasteiger partial charge < -0.3 is 15.2 Å². The number of ether oxygens (including phenoxy) is 2. The molecule has 0 aromatic rings. The van der Waals surface area contributed by atoms with Gasteiger partial charge in [-0.2, -0.15) is 0 Å². The van der Waals surface area contributed by atoms with E-state index in [1.165, 1.54) is 6.42 Å². The van der Waals surface area contributed by atoms with E-state index >= 15 is 0 Å². The topological polar surface area (TPSA) is 56.8 Å². The summed E-state index contributed by atoms with van der Waals surface area (Å²) in [5.74, 6) is 0.514. The number of nitrogens with zero attached hydrogens (tertiary/aromatic N) is 1. The Hall–Kier alpha value is -0.770. The zero-order valence-corrected chi connectivity index (χ0v) is 7.03. The van der Waals surface area contributed by atoms with Crippen LogP contribution in [-0.4, -0.2) is 31.9 Å². The molecule has 12 heavy (non-hydrogen) atoms. The van der Waals surface area contributed by atoms with E-state index in [9.17, 15) is 0 Å². The minimum Gasteiger partial charge on any atom is -0.463 e. The van der Waals surface area contributed by atoms with E-state index in [2.05, 4.69) is 4.99 Å². The molecule has 2 aliphatic rings. The first-order chi connectivity index (χ1) is 5.86. The molecule has 2 heterocycles. The van der Waals surface area contributed by atoms with Gasteiger partial charge >= 0.3 is 0 Å². The van der Waals surface area contributed by atoms with Crippen LogP contribution >= 0.6 is 0 Å². The van der Waals surface area contributed by atoms with E-state index in [0.29, 0.717) is 18.5 Å². The van der Waals surface area contributed by atoms with Crippen LogP contribution in [0.2, 0.25) is 0 Å². The number of amidine groups is 1. The maximum absolute atomic E-state index is 5.42. The molecule has 0 bridgehead atoms. The van der Waals surface area contributed by atoms with Crippen molar-refractivity contribution in [3.63, 3.8) is 0 Å². The molecule has 0 radical (unpaired) electrons. The van der Waals surface area contributed by atoms with Crippen molar-refractivity contribution in [1.82, 2.24) is 0 Å². The third-order valence-electron chi connectivity index (χ3n) is 2.43. The SMILES string of the molecule is NC1=NC(C2CCCOC2)CO1. The molecule has 4 nitrogen and oxygen atoms in total. The van der Waals surface area contributed by atoms with Crippen LogP contribution < -0.4 is 5.73 Å². The second kappa shape index (κ2) is 3.31. The van der Waals surface area contributed by atoms with Crippen LogP contribution in [0.5, 0.6) is 0 Å². The van der Waals surface area contributed by atoms with Gasteiger partial charge in [-0.1, -0.05) is 0 Å². The van der Waals surface area contributed by atoms with Gasteiger partial charge in [-0.15, -0.1) is 0 Å². The third-order valence-corrected chi connectivity index (χ3v) is 2.43. The predicted octanol–water partition coefficient (Wildman–Crippen LogP) is 0.126. The lowest BCUT2D eigenvalue weighted by Crippen LogP contribution is -2.28. The summed E-state index contributed by atoms with van der Waals surface area (Å²) in [7, 11) is 0. The Morgan fingerprint density at radius 1 is 1.42 bits per heavy atom. The van der Waals surface area contributed by atoms with E-state index in [1.54, 1.807) is 0 Å². The molecule has 0 aromatic carbocycles. The number of hydrogen-bond acceptors (Lipinski definition) is 4. The standard InChI is InChI=1S/C8H14N2O2/c9-8-10-7(5-12-8)6-2-1-3-11-4-6/h6-7H,1-5H2,(H2,9,10). The second-order valence-electron chi connectivity index (χ2n) is 3.32. The monoisotopic (exact) mass is 170 g/mol. The molecule has 0 saturated carbocycles. The smallest absolute Gasteiger partial charge is 0.282 e. The van der Waals surface area contributed by atoms with Gasteiger partial charge in [-0.3, -0.25) is 0 Å². The Bertz CT molecular complexity index is 187. The van der Waals surface area contributed by atoms with Crippen LogP contribution in [0, 0.1) is 5.92 Å². The van der Waals surface area contributed by atoms with Gasteiger partial charge in [0.05, 0.1) is 12.6 Å². The van der Waals surface area contributed by atoms with E-state index in [-0.39, 0.29) is 6.04 Å². The number of hydrogen-bond donors (Lipinski definition) is 1. The Kier molecular flexibility index (Phi) is 2.17. The van der Waals surface area contributed by atoms with Crippen molar-refractivity contribution in [3.05, 3.63) is 0 Å². The average molecular weight is 170 g/mol. The number of rotatable bonds is 1. The van der Waals surface area contributed by atoms with Gasteiger partial charge in [-0.05, 0) is 12.8 Å². The lowest BCUT2D eigenvalue weighted by atomic mass is 9.95. The van der Waals surface area contributed by atoms with Crippen LogP contribution in [0.3, 0.4) is 0 Å². The van der Waals surface area contributed by atoms with Crippen molar-refractivity contribution in [2.45, 2.75) is 18.9 Å². The molecule has 1 fully saturated rings. The van der Waals surface area contributed by atoms with Gasteiger partial charge in [0.25, 0.3) is 6.02 Å². The van der Waals surface area contributed by atoms with Gasteiger partial charge in [0.2, 0.25) is 0 Å². The lowest BCUT2D eigenvalue weighted by molar-refractivity contribution is 0.0416.